The summed E-state index contributed by atoms with van der Waals surface area (Å²) in [4.78, 5) is 38.5. The highest BCUT2D eigenvalue weighted by Gasteiger charge is 2.62. The highest BCUT2D eigenvalue weighted by atomic mass is 16.6. The van der Waals surface area contributed by atoms with E-state index in [0.29, 0.717) is 38.1 Å². The minimum atomic E-state index is -0.736. The van der Waals surface area contributed by atoms with Crippen LogP contribution in [0.25, 0.3) is 0 Å². The molecule has 8 nitrogen and oxygen atoms in total. The number of imide groups is 1. The summed E-state index contributed by atoms with van der Waals surface area (Å²) in [5.41, 5.74) is 4.99. The number of carbonyl (C=O) groups is 3. The van der Waals surface area contributed by atoms with Crippen molar-refractivity contribution < 1.29 is 23.9 Å². The predicted molar refractivity (Wildman–Crippen MR) is 117 cm³/mol. The molecule has 2 rings (SSSR count). The Morgan fingerprint density at radius 1 is 1.16 bits per heavy atom. The van der Waals surface area contributed by atoms with Gasteiger partial charge in [-0.3, -0.25) is 9.59 Å². The second-order valence-electron chi connectivity index (χ2n) is 8.79. The van der Waals surface area contributed by atoms with E-state index in [-0.39, 0.29) is 18.3 Å². The lowest BCUT2D eigenvalue weighted by Crippen LogP contribution is -2.73. The van der Waals surface area contributed by atoms with Gasteiger partial charge >= 0.3 is 12.0 Å². The van der Waals surface area contributed by atoms with E-state index in [9.17, 15) is 14.4 Å². The first-order valence-corrected chi connectivity index (χ1v) is 10.9. The topological polar surface area (TPSA) is 111 Å². The summed E-state index contributed by atoms with van der Waals surface area (Å²) in [5, 5.41) is 2.72. The molecule has 1 aliphatic heterocycles. The van der Waals surface area contributed by atoms with Crippen LogP contribution in [0, 0.1) is 5.41 Å². The Morgan fingerprint density at radius 3 is 2.29 bits per heavy atom. The van der Waals surface area contributed by atoms with Crippen molar-refractivity contribution in [1.82, 2.24) is 10.2 Å². The fourth-order valence-electron chi connectivity index (χ4n) is 3.64. The van der Waals surface area contributed by atoms with Crippen LogP contribution in [0.1, 0.15) is 59.4 Å². The van der Waals surface area contributed by atoms with E-state index in [4.69, 9.17) is 15.2 Å². The molecule has 1 aliphatic rings. The Hall–Kier alpha value is -2.61. The zero-order valence-corrected chi connectivity index (χ0v) is 19.2. The third-order valence-corrected chi connectivity index (χ3v) is 5.43. The molecule has 172 valence electrons. The zero-order chi connectivity index (χ0) is 23.2. The number of nitrogens with zero attached hydrogens (tertiary/aromatic N) is 1. The molecule has 31 heavy (non-hydrogen) atoms. The molecule has 0 aromatic heterocycles. The summed E-state index contributed by atoms with van der Waals surface area (Å²) < 4.78 is 11.4. The van der Waals surface area contributed by atoms with E-state index in [1.165, 1.54) is 0 Å². The van der Waals surface area contributed by atoms with Gasteiger partial charge in [0, 0.05) is 6.54 Å². The number of urea groups is 1. The van der Waals surface area contributed by atoms with Crippen molar-refractivity contribution in [3.05, 3.63) is 29.8 Å². The maximum atomic E-state index is 12.8. The van der Waals surface area contributed by atoms with Crippen molar-refractivity contribution in [3.63, 3.8) is 0 Å². The van der Waals surface area contributed by atoms with Gasteiger partial charge in [-0.15, -0.1) is 0 Å². The Balaban J connectivity index is 2.10. The first-order valence-electron chi connectivity index (χ1n) is 10.9. The van der Waals surface area contributed by atoms with Gasteiger partial charge in [-0.1, -0.05) is 26.0 Å². The van der Waals surface area contributed by atoms with Crippen LogP contribution in [0.4, 0.5) is 4.79 Å². The molecule has 1 atom stereocenters. The number of amides is 3. The quantitative estimate of drug-likeness (QED) is 0.352. The van der Waals surface area contributed by atoms with E-state index in [1.807, 2.05) is 34.6 Å². The van der Waals surface area contributed by atoms with Crippen LogP contribution < -0.4 is 15.8 Å². The van der Waals surface area contributed by atoms with Gasteiger partial charge in [0.25, 0.3) is 0 Å². The lowest BCUT2D eigenvalue weighted by molar-refractivity contribution is -0.190. The first-order chi connectivity index (χ1) is 14.6. The number of nitrogens with one attached hydrogen (secondary N) is 1. The Kier molecular flexibility index (Phi) is 8.06. The zero-order valence-electron chi connectivity index (χ0n) is 19.2. The van der Waals surface area contributed by atoms with E-state index in [0.717, 1.165) is 10.5 Å². The van der Waals surface area contributed by atoms with Gasteiger partial charge in [0.05, 0.1) is 6.42 Å². The van der Waals surface area contributed by atoms with E-state index in [1.54, 1.807) is 24.3 Å². The number of β-lactam (4-membered cyclic amide) rings is 1. The van der Waals surface area contributed by atoms with Gasteiger partial charge < -0.3 is 20.5 Å². The van der Waals surface area contributed by atoms with E-state index >= 15 is 0 Å². The molecule has 1 aromatic rings. The molecule has 1 aromatic carbocycles. The van der Waals surface area contributed by atoms with Crippen LogP contribution in [0.5, 0.6) is 5.75 Å². The molecule has 3 N–H and O–H groups in total. The molecular formula is C23H35N3O5. The molecule has 0 bridgehead atoms. The Labute approximate surface area is 184 Å². The predicted octanol–water partition coefficient (Wildman–Crippen LogP) is 2.98. The minimum absolute atomic E-state index is 0.156. The average molecular weight is 434 g/mol. The Morgan fingerprint density at radius 2 is 1.77 bits per heavy atom. The number of likely N-dealkylation sites (tertiary alicyclic amines) is 1. The molecule has 8 heteroatoms. The number of hydrogen-bond donors (Lipinski definition) is 2. The smallest absolute Gasteiger partial charge is 0.327 e. The maximum Gasteiger partial charge on any atom is 0.327 e. The normalized spacial score (nSPS) is 17.7. The lowest BCUT2D eigenvalue weighted by atomic mass is 9.72. The van der Waals surface area contributed by atoms with Gasteiger partial charge in [-0.2, -0.15) is 0 Å². The molecule has 0 aliphatic carbocycles. The monoisotopic (exact) mass is 433 g/mol. The number of esters is 1. The highest BCUT2D eigenvalue weighted by Crippen LogP contribution is 2.46. The van der Waals surface area contributed by atoms with Crippen LogP contribution in [0.2, 0.25) is 0 Å². The van der Waals surface area contributed by atoms with E-state index < -0.39 is 23.3 Å². The summed E-state index contributed by atoms with van der Waals surface area (Å²) in [7, 11) is 0. The van der Waals surface area contributed by atoms with Crippen molar-refractivity contribution in [2.24, 2.45) is 11.1 Å². The number of hydrogen-bond acceptors (Lipinski definition) is 6. The molecule has 1 unspecified atom stereocenters. The molecule has 0 spiro atoms. The van der Waals surface area contributed by atoms with Crippen LogP contribution in [0.3, 0.4) is 0 Å². The SMILES string of the molecule is CCC1(CC)C(=O)N(C(=O)NCCCN)C1Oc1ccc(CC(=O)OC(C)(C)C)cc1. The summed E-state index contributed by atoms with van der Waals surface area (Å²) in [6.45, 7) is 10.2. The maximum absolute atomic E-state index is 12.8. The van der Waals surface area contributed by atoms with Gasteiger partial charge in [-0.25, -0.2) is 9.69 Å². The molecule has 1 heterocycles. The average Bonchev–Trinajstić information content (AvgIpc) is 2.69. The van der Waals surface area contributed by atoms with Crippen molar-refractivity contribution in [1.29, 1.82) is 0 Å². The summed E-state index contributed by atoms with van der Waals surface area (Å²) in [5.74, 6) is -0.00664. The fraction of sp³-hybridized carbons (Fsp3) is 0.609. The van der Waals surface area contributed by atoms with Gasteiger partial charge in [0.15, 0.2) is 6.23 Å². The first kappa shape index (κ1) is 24.7. The third kappa shape index (κ3) is 5.76. The molecule has 3 amide bonds. The third-order valence-electron chi connectivity index (χ3n) is 5.43. The van der Waals surface area contributed by atoms with Crippen molar-refractivity contribution in [2.45, 2.75) is 72.1 Å². The van der Waals surface area contributed by atoms with Crippen LogP contribution >= 0.6 is 0 Å². The van der Waals surface area contributed by atoms with Gasteiger partial charge in [0.2, 0.25) is 5.91 Å². The van der Waals surface area contributed by atoms with Gasteiger partial charge in [0.1, 0.15) is 16.8 Å². The second kappa shape index (κ2) is 10.1. The Bertz CT molecular complexity index is 781. The molecular weight excluding hydrogens is 398 g/mol. The van der Waals surface area contributed by atoms with Crippen molar-refractivity contribution >= 4 is 17.9 Å². The number of nitrogens with two attached hydrogens (primary N) is 1. The molecule has 0 saturated carbocycles. The lowest BCUT2D eigenvalue weighted by Gasteiger charge is -2.53. The number of carbonyl (C=O) groups excluding carboxylic acids is 3. The number of benzene rings is 1. The van der Waals surface area contributed by atoms with Crippen LogP contribution in [-0.2, 0) is 20.7 Å². The van der Waals surface area contributed by atoms with Crippen LogP contribution in [0.15, 0.2) is 24.3 Å². The van der Waals surface area contributed by atoms with Crippen LogP contribution in [-0.4, -0.2) is 47.7 Å². The van der Waals surface area contributed by atoms with E-state index in [2.05, 4.69) is 5.32 Å². The molecule has 0 radical (unpaired) electrons. The van der Waals surface area contributed by atoms with Crippen molar-refractivity contribution in [3.8, 4) is 5.75 Å². The summed E-state index contributed by atoms with van der Waals surface area (Å²) >= 11 is 0. The van der Waals surface area contributed by atoms with Crippen molar-refractivity contribution in [2.75, 3.05) is 13.1 Å². The summed E-state index contributed by atoms with van der Waals surface area (Å²) in [6.07, 6.45) is 1.23. The fourth-order valence-corrected chi connectivity index (χ4v) is 3.64. The molecule has 1 fully saturated rings. The van der Waals surface area contributed by atoms with Gasteiger partial charge in [-0.05, 0) is 64.3 Å². The number of rotatable bonds is 9. The molecule has 1 saturated heterocycles. The minimum Gasteiger partial charge on any atom is -0.469 e. The highest BCUT2D eigenvalue weighted by molar-refractivity contribution is 6.03. The standard InChI is InChI=1S/C23H35N3O5/c1-6-23(7-2)19(28)26(21(29)25-14-8-13-24)20(23)30-17-11-9-16(10-12-17)15-18(27)31-22(3,4)5/h9-12,20H,6-8,13-15,24H2,1-5H3,(H,25,29). The number of ether oxygens (including phenoxy) is 2. The summed E-state index contributed by atoms with van der Waals surface area (Å²) in [6, 6.07) is 6.57. The largest absolute Gasteiger partial charge is 0.469 e. The second-order valence-corrected chi connectivity index (χ2v) is 8.79.